The quantitative estimate of drug-likeness (QED) is 0.723. The van der Waals surface area contributed by atoms with Crippen molar-refractivity contribution < 1.29 is 41.1 Å². The molecule has 0 spiro atoms. The molecule has 1 aromatic carbocycles. The Bertz CT molecular complexity index is 296. The molecular weight excluding hydrogens is 333 g/mol. The zero-order chi connectivity index (χ0) is 8.43. The Morgan fingerprint density at radius 2 is 2.09 bits per heavy atom. The van der Waals surface area contributed by atoms with Crippen LogP contribution >= 0.6 is 0 Å². The minimum absolute atomic E-state index is 0.00231. The van der Waals surface area contributed by atoms with E-state index in [0.29, 0.717) is 0 Å². The van der Waals surface area contributed by atoms with Crippen LogP contribution in [0.3, 0.4) is 0 Å². The molecule has 0 amide bonds. The van der Waals surface area contributed by atoms with Gasteiger partial charge < -0.3 is 0 Å². The molecule has 0 heterocycles. The van der Waals surface area contributed by atoms with E-state index >= 15 is 0 Å². The average Bonchev–Trinajstić information content (AvgIpc) is 1.94. The summed E-state index contributed by atoms with van der Waals surface area (Å²) in [5.41, 5.74) is -0.00231. The van der Waals surface area contributed by atoms with E-state index in [-0.39, 0.29) is 37.4 Å². The standard InChI is InChI=1S/C7H5O3.Hg/c8-6-4-2-1-3-5(6)7(9)10;/h1-3,8H,(H,9,10);. The molecule has 0 atom stereocenters. The van der Waals surface area contributed by atoms with Crippen LogP contribution in [-0.2, 0) is 26.1 Å². The molecule has 1 aromatic rings. The molecule has 4 heteroatoms. The van der Waals surface area contributed by atoms with Crippen LogP contribution in [0.1, 0.15) is 10.4 Å². The van der Waals surface area contributed by atoms with E-state index < -0.39 is 5.97 Å². The van der Waals surface area contributed by atoms with Gasteiger partial charge in [-0.2, -0.15) is 0 Å². The van der Waals surface area contributed by atoms with E-state index in [1.165, 1.54) is 6.07 Å². The Balaban J connectivity index is 3.27. The van der Waals surface area contributed by atoms with Crippen molar-refractivity contribution in [3.8, 4) is 5.75 Å². The molecule has 53 valence electrons. The molecule has 0 bridgehead atoms. The summed E-state index contributed by atoms with van der Waals surface area (Å²) in [5, 5.41) is 17.8. The molecular formula is C7H5HgO3. The van der Waals surface area contributed by atoms with E-state index in [4.69, 9.17) is 5.11 Å². The molecule has 1 rings (SSSR count). The monoisotopic (exact) mass is 339 g/mol. The second kappa shape index (κ2) is 3.22. The van der Waals surface area contributed by atoms with Crippen molar-refractivity contribution in [2.75, 3.05) is 0 Å². The Labute approximate surface area is 79.6 Å². The van der Waals surface area contributed by atoms with Crippen LogP contribution in [0.25, 0.3) is 0 Å². The zero-order valence-electron chi connectivity index (χ0n) is 5.74. The number of para-hydroxylation sites is 1. The number of aromatic hydroxyl groups is 1. The topological polar surface area (TPSA) is 57.5 Å². The maximum absolute atomic E-state index is 10.4. The maximum atomic E-state index is 10.4. The first kappa shape index (κ1) is 8.52. The van der Waals surface area contributed by atoms with E-state index in [9.17, 15) is 9.90 Å². The summed E-state index contributed by atoms with van der Waals surface area (Å²) >= 11 is 0.258. The number of phenols is 1. The van der Waals surface area contributed by atoms with E-state index in [0.717, 1.165) is 3.07 Å². The van der Waals surface area contributed by atoms with E-state index in [1.54, 1.807) is 12.1 Å². The average molecular weight is 338 g/mol. The van der Waals surface area contributed by atoms with Gasteiger partial charge in [-0.3, -0.25) is 0 Å². The van der Waals surface area contributed by atoms with Gasteiger partial charge >= 0.3 is 79.7 Å². The molecule has 2 N–H and O–H groups in total. The van der Waals surface area contributed by atoms with Crippen LogP contribution in [0.5, 0.6) is 5.75 Å². The number of carboxylic acid groups (broad SMARTS) is 1. The third kappa shape index (κ3) is 1.71. The van der Waals surface area contributed by atoms with Crippen LogP contribution in [-0.4, -0.2) is 16.2 Å². The summed E-state index contributed by atoms with van der Waals surface area (Å²) in [6, 6.07) is 4.78. The number of hydrogen-bond donors (Lipinski definition) is 2. The molecule has 0 saturated carbocycles. The van der Waals surface area contributed by atoms with E-state index in [2.05, 4.69) is 0 Å². The molecule has 3 nitrogen and oxygen atoms in total. The number of carboxylic acids is 1. The van der Waals surface area contributed by atoms with Gasteiger partial charge in [0.2, 0.25) is 0 Å². The normalized spacial score (nSPS) is 9.64. The van der Waals surface area contributed by atoms with E-state index in [1.807, 2.05) is 0 Å². The molecule has 0 saturated heterocycles. The van der Waals surface area contributed by atoms with Gasteiger partial charge in [-0.25, -0.2) is 0 Å². The van der Waals surface area contributed by atoms with Gasteiger partial charge in [-0.1, -0.05) is 0 Å². The summed E-state index contributed by atoms with van der Waals surface area (Å²) < 4.78 is 0.768. The molecule has 0 aliphatic carbocycles. The predicted molar refractivity (Wildman–Crippen MR) is 34.7 cm³/mol. The van der Waals surface area contributed by atoms with Crippen molar-refractivity contribution >= 4 is 9.04 Å². The van der Waals surface area contributed by atoms with Crippen LogP contribution in [0.4, 0.5) is 0 Å². The Kier molecular flexibility index (Phi) is 2.49. The van der Waals surface area contributed by atoms with Crippen molar-refractivity contribution in [2.24, 2.45) is 0 Å². The van der Waals surface area contributed by atoms with Crippen molar-refractivity contribution in [2.45, 2.75) is 0 Å². The summed E-state index contributed by atoms with van der Waals surface area (Å²) in [6.45, 7) is 0. The molecule has 0 radical (unpaired) electrons. The number of hydrogen-bond acceptors (Lipinski definition) is 2. The molecule has 0 fully saturated rings. The Hall–Kier alpha value is -0.575. The Morgan fingerprint density at radius 3 is 2.55 bits per heavy atom. The number of rotatable bonds is 1. The van der Waals surface area contributed by atoms with Gasteiger partial charge in [0, 0.05) is 0 Å². The van der Waals surface area contributed by atoms with Gasteiger partial charge in [0.15, 0.2) is 0 Å². The van der Waals surface area contributed by atoms with Crippen molar-refractivity contribution in [1.29, 1.82) is 0 Å². The summed E-state index contributed by atoms with van der Waals surface area (Å²) in [4.78, 5) is 10.4. The molecule has 0 aliphatic rings. The second-order valence-electron chi connectivity index (χ2n) is 2.12. The third-order valence-electron chi connectivity index (χ3n) is 1.35. The first-order chi connectivity index (χ1) is 5.13. The second-order valence-corrected chi connectivity index (χ2v) is 5.08. The number of benzene rings is 1. The first-order valence-electron chi connectivity index (χ1n) is 3.00. The van der Waals surface area contributed by atoms with Crippen molar-refractivity contribution in [3.05, 3.63) is 23.8 Å². The van der Waals surface area contributed by atoms with Gasteiger partial charge in [0.05, 0.1) is 0 Å². The van der Waals surface area contributed by atoms with Gasteiger partial charge in [0.25, 0.3) is 0 Å². The van der Waals surface area contributed by atoms with Gasteiger partial charge in [-0.05, 0) is 0 Å². The Morgan fingerprint density at radius 1 is 1.45 bits per heavy atom. The molecule has 0 aromatic heterocycles. The molecule has 0 aliphatic heterocycles. The first-order valence-corrected chi connectivity index (χ1v) is 5.75. The summed E-state index contributed by atoms with van der Waals surface area (Å²) in [5.74, 6) is -1.14. The summed E-state index contributed by atoms with van der Waals surface area (Å²) in [6.07, 6.45) is 0. The predicted octanol–water partition coefficient (Wildman–Crippen LogP) is 0.262. The fourth-order valence-corrected chi connectivity index (χ4v) is 2.03. The SMILES string of the molecule is O=C(O)c1ccc[c]([Hg])c1O. The van der Waals surface area contributed by atoms with Crippen LogP contribution in [0, 0.1) is 0 Å². The number of aromatic carboxylic acids is 1. The molecule has 0 unspecified atom stereocenters. The molecule has 11 heavy (non-hydrogen) atoms. The fraction of sp³-hybridized carbons (Fsp3) is 0. The fourth-order valence-electron chi connectivity index (χ4n) is 0.764. The van der Waals surface area contributed by atoms with Crippen molar-refractivity contribution in [1.82, 2.24) is 0 Å². The van der Waals surface area contributed by atoms with Gasteiger partial charge in [0.1, 0.15) is 0 Å². The number of carbonyl (C=O) groups is 1. The summed E-state index contributed by atoms with van der Waals surface area (Å²) in [7, 11) is 0. The zero-order valence-corrected chi connectivity index (χ0v) is 11.2. The van der Waals surface area contributed by atoms with Crippen LogP contribution in [0.15, 0.2) is 18.2 Å². The van der Waals surface area contributed by atoms with Crippen molar-refractivity contribution in [3.63, 3.8) is 0 Å². The van der Waals surface area contributed by atoms with Crippen LogP contribution < -0.4 is 3.07 Å². The van der Waals surface area contributed by atoms with Gasteiger partial charge in [-0.15, -0.1) is 0 Å². The third-order valence-corrected chi connectivity index (χ3v) is 3.57. The minimum atomic E-state index is -1.07. The van der Waals surface area contributed by atoms with Crippen LogP contribution in [0.2, 0.25) is 0 Å².